The summed E-state index contributed by atoms with van der Waals surface area (Å²) in [5, 5.41) is 0.413. The smallest absolute Gasteiger partial charge is 0.161 e. The largest absolute Gasteiger partial charge is 0.233 e. The van der Waals surface area contributed by atoms with Crippen LogP contribution in [0.4, 0.5) is 4.39 Å². The van der Waals surface area contributed by atoms with Crippen molar-refractivity contribution >= 4 is 23.2 Å². The van der Waals surface area contributed by atoms with Crippen LogP contribution >= 0.6 is 23.2 Å². The number of hydrogen-bond donors (Lipinski definition) is 0. The van der Waals surface area contributed by atoms with E-state index in [0.29, 0.717) is 16.5 Å². The molecule has 0 amide bonds. The third-order valence-corrected chi connectivity index (χ3v) is 2.77. The van der Waals surface area contributed by atoms with E-state index in [1.165, 1.54) is 12.1 Å². The van der Waals surface area contributed by atoms with Gasteiger partial charge in [0.1, 0.15) is 11.0 Å². The first-order valence-electron chi connectivity index (χ1n) is 5.09. The van der Waals surface area contributed by atoms with E-state index in [9.17, 15) is 4.39 Å². The van der Waals surface area contributed by atoms with Crippen molar-refractivity contribution in [1.29, 1.82) is 0 Å². The predicted octanol–water partition coefficient (Wildman–Crippen LogP) is 4.15. The first kappa shape index (κ1) is 12.3. The normalized spacial score (nSPS) is 10.6. The van der Waals surface area contributed by atoms with Crippen LogP contribution in [0.1, 0.15) is 12.6 Å². The van der Waals surface area contributed by atoms with Crippen LogP contribution in [0.3, 0.4) is 0 Å². The van der Waals surface area contributed by atoms with Crippen molar-refractivity contribution in [1.82, 2.24) is 9.97 Å². The van der Waals surface area contributed by atoms with Crippen LogP contribution < -0.4 is 0 Å². The zero-order valence-corrected chi connectivity index (χ0v) is 10.6. The summed E-state index contributed by atoms with van der Waals surface area (Å²) in [7, 11) is 0. The van der Waals surface area contributed by atoms with Crippen LogP contribution in [0.25, 0.3) is 11.4 Å². The van der Waals surface area contributed by atoms with Crippen molar-refractivity contribution in [3.63, 3.8) is 0 Å². The van der Waals surface area contributed by atoms with E-state index >= 15 is 0 Å². The minimum Gasteiger partial charge on any atom is -0.233 e. The lowest BCUT2D eigenvalue weighted by molar-refractivity contribution is 0.628. The molecule has 17 heavy (non-hydrogen) atoms. The molecular weight excluding hydrogens is 262 g/mol. The summed E-state index contributed by atoms with van der Waals surface area (Å²) in [6.45, 7) is 1.97. The van der Waals surface area contributed by atoms with Gasteiger partial charge in [0.25, 0.3) is 0 Å². The molecule has 0 fully saturated rings. The Hall–Kier alpha value is -1.19. The summed E-state index contributed by atoms with van der Waals surface area (Å²) < 4.78 is 13.0. The van der Waals surface area contributed by atoms with Crippen LogP contribution in [0.5, 0.6) is 0 Å². The summed E-state index contributed by atoms with van der Waals surface area (Å²) in [6.07, 6.45) is 0.754. The fraction of sp³-hybridized carbons (Fsp3) is 0.167. The van der Waals surface area contributed by atoms with Gasteiger partial charge < -0.3 is 0 Å². The maximum atomic E-state index is 13.0. The van der Waals surface area contributed by atoms with E-state index in [0.717, 1.165) is 12.1 Å². The lowest BCUT2D eigenvalue weighted by Gasteiger charge is -2.04. The van der Waals surface area contributed by atoms with Crippen molar-refractivity contribution in [2.24, 2.45) is 0 Å². The number of nitrogens with zero attached hydrogens (tertiary/aromatic N) is 2. The molecule has 0 atom stereocenters. The Labute approximate surface area is 108 Å². The Balaban J connectivity index is 2.52. The second kappa shape index (κ2) is 4.98. The average molecular weight is 271 g/mol. The molecule has 1 aromatic heterocycles. The summed E-state index contributed by atoms with van der Waals surface area (Å²) >= 11 is 11.6. The number of halogens is 3. The Morgan fingerprint density at radius 1 is 1.18 bits per heavy atom. The highest BCUT2D eigenvalue weighted by Crippen LogP contribution is 2.23. The number of aryl methyl sites for hydroxylation is 1. The molecule has 0 aliphatic rings. The number of hydrogen-bond acceptors (Lipinski definition) is 2. The Kier molecular flexibility index (Phi) is 3.60. The molecule has 0 spiro atoms. The van der Waals surface area contributed by atoms with Crippen LogP contribution in [-0.4, -0.2) is 9.97 Å². The van der Waals surface area contributed by atoms with E-state index in [4.69, 9.17) is 23.2 Å². The Morgan fingerprint density at radius 2 is 1.94 bits per heavy atom. The molecule has 2 nitrogen and oxygen atoms in total. The molecule has 88 valence electrons. The minimum absolute atomic E-state index is 0.0455. The molecule has 0 saturated carbocycles. The first-order chi connectivity index (χ1) is 8.10. The second-order valence-corrected chi connectivity index (χ2v) is 4.28. The zero-order chi connectivity index (χ0) is 12.4. The topological polar surface area (TPSA) is 25.8 Å². The van der Waals surface area contributed by atoms with Crippen molar-refractivity contribution in [2.45, 2.75) is 13.3 Å². The van der Waals surface area contributed by atoms with Gasteiger partial charge in [0.2, 0.25) is 0 Å². The molecule has 0 unspecified atom stereocenters. The molecule has 1 aromatic carbocycles. The third kappa shape index (κ3) is 2.73. The number of rotatable bonds is 2. The average Bonchev–Trinajstić information content (AvgIpc) is 2.32. The number of benzene rings is 1. The van der Waals surface area contributed by atoms with Crippen molar-refractivity contribution in [3.05, 3.63) is 46.0 Å². The fourth-order valence-corrected chi connectivity index (χ4v) is 1.80. The van der Waals surface area contributed by atoms with E-state index in [1.807, 2.05) is 6.92 Å². The van der Waals surface area contributed by atoms with Crippen LogP contribution in [0.15, 0.2) is 24.3 Å². The molecule has 0 bridgehead atoms. The number of aromatic nitrogens is 2. The molecule has 0 aliphatic heterocycles. The van der Waals surface area contributed by atoms with Gasteiger partial charge in [0, 0.05) is 11.3 Å². The van der Waals surface area contributed by atoms with E-state index in [-0.39, 0.29) is 5.02 Å². The van der Waals surface area contributed by atoms with Crippen molar-refractivity contribution in [3.8, 4) is 11.4 Å². The first-order valence-corrected chi connectivity index (χ1v) is 5.84. The maximum Gasteiger partial charge on any atom is 0.161 e. The van der Waals surface area contributed by atoms with Crippen LogP contribution in [0, 0.1) is 5.82 Å². The van der Waals surface area contributed by atoms with Crippen LogP contribution in [-0.2, 0) is 6.42 Å². The lowest BCUT2D eigenvalue weighted by Crippen LogP contribution is -1.95. The highest BCUT2D eigenvalue weighted by Gasteiger charge is 2.07. The van der Waals surface area contributed by atoms with Gasteiger partial charge in [-0.15, -0.1) is 0 Å². The quantitative estimate of drug-likeness (QED) is 0.767. The van der Waals surface area contributed by atoms with Crippen molar-refractivity contribution < 1.29 is 4.39 Å². The molecule has 5 heteroatoms. The van der Waals surface area contributed by atoms with Gasteiger partial charge in [-0.1, -0.05) is 30.1 Å². The third-order valence-electron chi connectivity index (χ3n) is 2.29. The molecule has 0 aliphatic carbocycles. The molecule has 2 aromatic rings. The SMILES string of the molecule is CCc1cc(Cl)nc(-c2ccc(F)c(Cl)c2)n1. The van der Waals surface area contributed by atoms with Crippen LogP contribution in [0.2, 0.25) is 10.2 Å². The van der Waals surface area contributed by atoms with Gasteiger partial charge in [-0.2, -0.15) is 0 Å². The highest BCUT2D eigenvalue weighted by atomic mass is 35.5. The van der Waals surface area contributed by atoms with Gasteiger partial charge in [-0.3, -0.25) is 0 Å². The minimum atomic E-state index is -0.465. The molecule has 0 saturated heterocycles. The van der Waals surface area contributed by atoms with Crippen molar-refractivity contribution in [2.75, 3.05) is 0 Å². The van der Waals surface area contributed by atoms with Gasteiger partial charge in [-0.25, -0.2) is 14.4 Å². The summed E-state index contributed by atoms with van der Waals surface area (Å²) in [5.41, 5.74) is 1.48. The van der Waals surface area contributed by atoms with E-state index in [1.54, 1.807) is 12.1 Å². The summed E-state index contributed by atoms with van der Waals surface area (Å²) in [6, 6.07) is 6.05. The van der Waals surface area contributed by atoms with E-state index < -0.39 is 5.82 Å². The fourth-order valence-electron chi connectivity index (χ4n) is 1.41. The monoisotopic (exact) mass is 270 g/mol. The molecule has 1 heterocycles. The van der Waals surface area contributed by atoms with Gasteiger partial charge in [0.05, 0.1) is 5.02 Å². The predicted molar refractivity (Wildman–Crippen MR) is 66.8 cm³/mol. The summed E-state index contributed by atoms with van der Waals surface area (Å²) in [5.74, 6) is -0.00981. The second-order valence-electron chi connectivity index (χ2n) is 3.49. The van der Waals surface area contributed by atoms with Gasteiger partial charge in [0.15, 0.2) is 5.82 Å². The zero-order valence-electron chi connectivity index (χ0n) is 9.04. The lowest BCUT2D eigenvalue weighted by atomic mass is 10.2. The highest BCUT2D eigenvalue weighted by molar-refractivity contribution is 6.31. The molecule has 0 N–H and O–H groups in total. The van der Waals surface area contributed by atoms with E-state index in [2.05, 4.69) is 9.97 Å². The molecular formula is C12H9Cl2FN2. The summed E-state index contributed by atoms with van der Waals surface area (Å²) in [4.78, 5) is 8.41. The Bertz CT molecular complexity index is 558. The van der Waals surface area contributed by atoms with Gasteiger partial charge >= 0.3 is 0 Å². The maximum absolute atomic E-state index is 13.0. The molecule has 2 rings (SSSR count). The standard InChI is InChI=1S/C12H9Cl2FN2/c1-2-8-6-11(14)17-12(16-8)7-3-4-10(15)9(13)5-7/h3-6H,2H2,1H3. The Morgan fingerprint density at radius 3 is 2.59 bits per heavy atom. The van der Waals surface area contributed by atoms with Gasteiger partial charge in [-0.05, 0) is 30.7 Å². The molecule has 0 radical (unpaired) electrons.